The van der Waals surface area contributed by atoms with Crippen LogP contribution < -0.4 is 10.5 Å². The third-order valence-electron chi connectivity index (χ3n) is 2.95. The van der Waals surface area contributed by atoms with E-state index < -0.39 is 15.8 Å². The number of rotatable bonds is 3. The van der Waals surface area contributed by atoms with Crippen LogP contribution in [0, 0.1) is 12.7 Å². The molecule has 0 atom stereocenters. The number of hydrogen-bond acceptors (Lipinski definition) is 3. The molecule has 1 fully saturated rings. The molecule has 0 bridgehead atoms. The van der Waals surface area contributed by atoms with Gasteiger partial charge in [-0.25, -0.2) is 17.5 Å². The summed E-state index contributed by atoms with van der Waals surface area (Å²) in [5.74, 6) is -0.568. The SMILES string of the molecule is Cc1cc(S(=O)(=O)NC2(C)CC2)cc(N)c1F. The Morgan fingerprint density at radius 3 is 2.47 bits per heavy atom. The molecule has 1 aliphatic rings. The van der Waals surface area contributed by atoms with Gasteiger partial charge in [0.1, 0.15) is 5.82 Å². The summed E-state index contributed by atoms with van der Waals surface area (Å²) in [6.45, 7) is 3.33. The molecule has 0 spiro atoms. The van der Waals surface area contributed by atoms with Crippen molar-refractivity contribution >= 4 is 15.7 Å². The highest BCUT2D eigenvalue weighted by atomic mass is 32.2. The van der Waals surface area contributed by atoms with Crippen LogP contribution in [0.15, 0.2) is 17.0 Å². The van der Waals surface area contributed by atoms with E-state index in [-0.39, 0.29) is 21.7 Å². The van der Waals surface area contributed by atoms with Crippen LogP contribution in [0.1, 0.15) is 25.3 Å². The average Bonchev–Trinajstić information content (AvgIpc) is 2.90. The van der Waals surface area contributed by atoms with Crippen molar-refractivity contribution in [2.75, 3.05) is 5.73 Å². The Balaban J connectivity index is 2.39. The van der Waals surface area contributed by atoms with Crippen molar-refractivity contribution in [3.8, 4) is 0 Å². The molecule has 0 saturated heterocycles. The molecule has 0 unspecified atom stereocenters. The van der Waals surface area contributed by atoms with Gasteiger partial charge in [-0.1, -0.05) is 0 Å². The lowest BCUT2D eigenvalue weighted by molar-refractivity contribution is 0.557. The number of halogens is 1. The number of nitrogen functional groups attached to an aromatic ring is 1. The van der Waals surface area contributed by atoms with E-state index >= 15 is 0 Å². The van der Waals surface area contributed by atoms with Gasteiger partial charge in [0.2, 0.25) is 10.0 Å². The molecule has 0 heterocycles. The van der Waals surface area contributed by atoms with E-state index in [1.165, 1.54) is 13.0 Å². The summed E-state index contributed by atoms with van der Waals surface area (Å²) >= 11 is 0. The zero-order chi connectivity index (χ0) is 12.8. The van der Waals surface area contributed by atoms with Gasteiger partial charge in [0.05, 0.1) is 10.6 Å². The number of aryl methyl sites for hydroxylation is 1. The lowest BCUT2D eigenvalue weighted by Crippen LogP contribution is -2.34. The number of nitrogens with one attached hydrogen (secondary N) is 1. The second-order valence-electron chi connectivity index (χ2n) is 4.81. The van der Waals surface area contributed by atoms with Crippen LogP contribution in [0.2, 0.25) is 0 Å². The van der Waals surface area contributed by atoms with Crippen LogP contribution in [0.25, 0.3) is 0 Å². The van der Waals surface area contributed by atoms with Crippen molar-refractivity contribution < 1.29 is 12.8 Å². The summed E-state index contributed by atoms with van der Waals surface area (Å²) in [5, 5.41) is 0. The molecule has 17 heavy (non-hydrogen) atoms. The van der Waals surface area contributed by atoms with Crippen LogP contribution >= 0.6 is 0 Å². The van der Waals surface area contributed by atoms with Gasteiger partial charge < -0.3 is 5.73 Å². The van der Waals surface area contributed by atoms with Gasteiger partial charge in [-0.15, -0.1) is 0 Å². The molecular weight excluding hydrogens is 243 g/mol. The number of benzene rings is 1. The third kappa shape index (κ3) is 2.42. The van der Waals surface area contributed by atoms with E-state index in [4.69, 9.17) is 5.73 Å². The van der Waals surface area contributed by atoms with Gasteiger partial charge in [-0.3, -0.25) is 0 Å². The quantitative estimate of drug-likeness (QED) is 0.808. The highest BCUT2D eigenvalue weighted by Crippen LogP contribution is 2.36. The average molecular weight is 258 g/mol. The number of anilines is 1. The van der Waals surface area contributed by atoms with Crippen molar-refractivity contribution in [3.63, 3.8) is 0 Å². The van der Waals surface area contributed by atoms with Crippen LogP contribution in [-0.4, -0.2) is 14.0 Å². The lowest BCUT2D eigenvalue weighted by atomic mass is 10.2. The topological polar surface area (TPSA) is 72.2 Å². The smallest absolute Gasteiger partial charge is 0.241 e. The first-order chi connectivity index (χ1) is 7.73. The summed E-state index contributed by atoms with van der Waals surface area (Å²) in [7, 11) is -3.61. The Hall–Kier alpha value is -1.14. The molecule has 2 rings (SSSR count). The zero-order valence-corrected chi connectivity index (χ0v) is 10.6. The summed E-state index contributed by atoms with van der Waals surface area (Å²) in [6.07, 6.45) is 1.64. The van der Waals surface area contributed by atoms with E-state index in [0.29, 0.717) is 0 Å². The summed E-state index contributed by atoms with van der Waals surface area (Å²) in [4.78, 5) is 0.0158. The molecule has 3 N–H and O–H groups in total. The molecule has 0 aromatic heterocycles. The van der Waals surface area contributed by atoms with Crippen molar-refractivity contribution in [2.24, 2.45) is 0 Å². The maximum atomic E-state index is 13.3. The van der Waals surface area contributed by atoms with Gasteiger partial charge in [0.25, 0.3) is 0 Å². The minimum atomic E-state index is -3.61. The van der Waals surface area contributed by atoms with Gasteiger partial charge in [0.15, 0.2) is 0 Å². The first-order valence-electron chi connectivity index (χ1n) is 5.33. The predicted octanol–water partition coefficient (Wildman–Crippen LogP) is 1.55. The highest BCUT2D eigenvalue weighted by Gasteiger charge is 2.41. The molecular formula is C11H15FN2O2S. The fourth-order valence-corrected chi connectivity index (χ4v) is 3.18. The van der Waals surface area contributed by atoms with Crippen LogP contribution in [0.5, 0.6) is 0 Å². The minimum Gasteiger partial charge on any atom is -0.396 e. The number of sulfonamides is 1. The molecule has 4 nitrogen and oxygen atoms in total. The van der Waals surface area contributed by atoms with Crippen molar-refractivity contribution in [2.45, 2.75) is 37.1 Å². The molecule has 0 radical (unpaired) electrons. The Morgan fingerprint density at radius 1 is 1.41 bits per heavy atom. The zero-order valence-electron chi connectivity index (χ0n) is 9.75. The van der Waals surface area contributed by atoms with Crippen molar-refractivity contribution in [1.29, 1.82) is 0 Å². The molecule has 0 amide bonds. The van der Waals surface area contributed by atoms with Crippen molar-refractivity contribution in [1.82, 2.24) is 4.72 Å². The Kier molecular flexibility index (Phi) is 2.67. The molecule has 1 aromatic rings. The van der Waals surface area contributed by atoms with Gasteiger partial charge in [-0.2, -0.15) is 0 Å². The first-order valence-corrected chi connectivity index (χ1v) is 6.81. The predicted molar refractivity (Wildman–Crippen MR) is 63.5 cm³/mol. The standard InChI is InChI=1S/C11H15FN2O2S/c1-7-5-8(6-9(13)10(7)12)17(15,16)14-11(2)3-4-11/h5-6,14H,3-4,13H2,1-2H3. The molecule has 6 heteroatoms. The van der Waals surface area contributed by atoms with Gasteiger partial charge in [-0.05, 0) is 44.4 Å². The van der Waals surface area contributed by atoms with Crippen LogP contribution in [0.4, 0.5) is 10.1 Å². The Labute approximate surface area is 100 Å². The minimum absolute atomic E-state index is 0.0158. The van der Waals surface area contributed by atoms with E-state index in [0.717, 1.165) is 18.9 Å². The highest BCUT2D eigenvalue weighted by molar-refractivity contribution is 7.89. The molecule has 1 aromatic carbocycles. The number of nitrogens with two attached hydrogens (primary N) is 1. The number of hydrogen-bond donors (Lipinski definition) is 2. The molecule has 0 aliphatic heterocycles. The van der Waals surface area contributed by atoms with Crippen LogP contribution in [0.3, 0.4) is 0 Å². The van der Waals surface area contributed by atoms with Gasteiger partial charge >= 0.3 is 0 Å². The fourth-order valence-electron chi connectivity index (χ4n) is 1.59. The largest absolute Gasteiger partial charge is 0.396 e. The molecule has 1 saturated carbocycles. The van der Waals surface area contributed by atoms with Gasteiger partial charge in [0, 0.05) is 5.54 Å². The molecule has 94 valence electrons. The van der Waals surface area contributed by atoms with Crippen molar-refractivity contribution in [3.05, 3.63) is 23.5 Å². The fraction of sp³-hybridized carbons (Fsp3) is 0.455. The first kappa shape index (κ1) is 12.3. The molecule has 1 aliphatic carbocycles. The normalized spacial score (nSPS) is 18.1. The lowest BCUT2D eigenvalue weighted by Gasteiger charge is -2.13. The summed E-state index contributed by atoms with van der Waals surface area (Å²) in [6, 6.07) is 2.44. The summed E-state index contributed by atoms with van der Waals surface area (Å²) < 4.78 is 39.9. The Bertz CT molecular complexity index is 542. The maximum absolute atomic E-state index is 13.3. The van der Waals surface area contributed by atoms with E-state index in [1.54, 1.807) is 0 Å². The third-order valence-corrected chi connectivity index (χ3v) is 4.57. The maximum Gasteiger partial charge on any atom is 0.241 e. The summed E-state index contributed by atoms with van der Waals surface area (Å²) in [5.41, 5.74) is 5.16. The monoisotopic (exact) mass is 258 g/mol. The second kappa shape index (κ2) is 3.68. The second-order valence-corrected chi connectivity index (χ2v) is 6.49. The van der Waals surface area contributed by atoms with E-state index in [2.05, 4.69) is 4.72 Å². The van der Waals surface area contributed by atoms with E-state index in [1.807, 2.05) is 6.92 Å². The van der Waals surface area contributed by atoms with Crippen LogP contribution in [-0.2, 0) is 10.0 Å². The Morgan fingerprint density at radius 2 is 2.00 bits per heavy atom. The van der Waals surface area contributed by atoms with E-state index in [9.17, 15) is 12.8 Å².